The van der Waals surface area contributed by atoms with Crippen molar-refractivity contribution in [2.45, 2.75) is 6.18 Å². The molecule has 4 rings (SSSR count). The molecule has 1 amide bonds. The second kappa shape index (κ2) is 8.43. The standard InChI is InChI=1S/C22H18F4N2O3/c23-17-13-16(4-5-18(17)28-8-10-30-11-9-28)27-21(29)20-7-6-19(31-20)14-2-1-3-15(12-14)22(24,25)26/h1-7,12-13H,8-11H2,(H,27,29). The van der Waals surface area contributed by atoms with E-state index < -0.39 is 23.5 Å². The van der Waals surface area contributed by atoms with Gasteiger partial charge in [-0.3, -0.25) is 4.79 Å². The van der Waals surface area contributed by atoms with Gasteiger partial charge in [0.25, 0.3) is 5.91 Å². The van der Waals surface area contributed by atoms with Crippen molar-refractivity contribution in [3.05, 3.63) is 71.7 Å². The van der Waals surface area contributed by atoms with E-state index in [-0.39, 0.29) is 22.8 Å². The number of nitrogens with one attached hydrogen (secondary N) is 1. The quantitative estimate of drug-likeness (QED) is 0.574. The fourth-order valence-electron chi connectivity index (χ4n) is 3.30. The van der Waals surface area contributed by atoms with E-state index in [0.717, 1.165) is 12.1 Å². The largest absolute Gasteiger partial charge is 0.451 e. The summed E-state index contributed by atoms with van der Waals surface area (Å²) < 4.78 is 63.9. The summed E-state index contributed by atoms with van der Waals surface area (Å²) in [7, 11) is 0. The number of rotatable bonds is 4. The van der Waals surface area contributed by atoms with Crippen molar-refractivity contribution in [1.29, 1.82) is 0 Å². The van der Waals surface area contributed by atoms with Crippen LogP contribution in [0.5, 0.6) is 0 Å². The minimum Gasteiger partial charge on any atom is -0.451 e. The second-order valence-corrected chi connectivity index (χ2v) is 6.96. The molecule has 0 atom stereocenters. The van der Waals surface area contributed by atoms with Gasteiger partial charge in [0.2, 0.25) is 0 Å². The molecule has 162 valence electrons. The molecule has 3 aromatic rings. The van der Waals surface area contributed by atoms with E-state index in [4.69, 9.17) is 9.15 Å². The topological polar surface area (TPSA) is 54.7 Å². The second-order valence-electron chi connectivity index (χ2n) is 6.96. The van der Waals surface area contributed by atoms with E-state index in [0.29, 0.717) is 32.0 Å². The number of nitrogens with zero attached hydrogens (tertiary/aromatic N) is 1. The fraction of sp³-hybridized carbons (Fsp3) is 0.227. The SMILES string of the molecule is O=C(Nc1ccc(N2CCOCC2)c(F)c1)c1ccc(-c2cccc(C(F)(F)F)c2)o1. The molecule has 1 fully saturated rings. The van der Waals surface area contributed by atoms with Crippen LogP contribution in [0.1, 0.15) is 16.1 Å². The summed E-state index contributed by atoms with van der Waals surface area (Å²) in [6, 6.07) is 11.7. The number of hydrogen-bond donors (Lipinski definition) is 1. The van der Waals surface area contributed by atoms with Gasteiger partial charge in [-0.1, -0.05) is 12.1 Å². The third-order valence-electron chi connectivity index (χ3n) is 4.86. The van der Waals surface area contributed by atoms with Crippen LogP contribution in [-0.4, -0.2) is 32.2 Å². The zero-order valence-electron chi connectivity index (χ0n) is 16.2. The van der Waals surface area contributed by atoms with Gasteiger partial charge in [-0.15, -0.1) is 0 Å². The highest BCUT2D eigenvalue weighted by molar-refractivity contribution is 6.02. The average molecular weight is 434 g/mol. The Bertz CT molecular complexity index is 1090. The molecule has 5 nitrogen and oxygen atoms in total. The maximum Gasteiger partial charge on any atom is 0.416 e. The number of morpholine rings is 1. The van der Waals surface area contributed by atoms with Gasteiger partial charge in [0.15, 0.2) is 5.76 Å². The number of amides is 1. The van der Waals surface area contributed by atoms with Crippen molar-refractivity contribution >= 4 is 17.3 Å². The lowest BCUT2D eigenvalue weighted by Crippen LogP contribution is -2.36. The maximum atomic E-state index is 14.5. The smallest absolute Gasteiger partial charge is 0.416 e. The van der Waals surface area contributed by atoms with Crippen LogP contribution >= 0.6 is 0 Å². The van der Waals surface area contributed by atoms with Crippen LogP contribution in [0.25, 0.3) is 11.3 Å². The molecular weight excluding hydrogens is 416 g/mol. The number of ether oxygens (including phenoxy) is 1. The van der Waals surface area contributed by atoms with Crippen molar-refractivity contribution in [1.82, 2.24) is 0 Å². The Morgan fingerprint density at radius 3 is 2.48 bits per heavy atom. The minimum atomic E-state index is -4.49. The predicted molar refractivity (Wildman–Crippen MR) is 107 cm³/mol. The molecule has 0 bridgehead atoms. The molecule has 2 aromatic carbocycles. The van der Waals surface area contributed by atoms with E-state index in [9.17, 15) is 22.4 Å². The molecule has 1 aromatic heterocycles. The Morgan fingerprint density at radius 2 is 1.77 bits per heavy atom. The molecule has 1 aliphatic heterocycles. The van der Waals surface area contributed by atoms with Gasteiger partial charge in [-0.2, -0.15) is 13.2 Å². The molecule has 0 unspecified atom stereocenters. The van der Waals surface area contributed by atoms with Crippen molar-refractivity contribution in [2.24, 2.45) is 0 Å². The highest BCUT2D eigenvalue weighted by atomic mass is 19.4. The maximum absolute atomic E-state index is 14.5. The first-order chi connectivity index (χ1) is 14.8. The summed E-state index contributed by atoms with van der Waals surface area (Å²) in [5.74, 6) is -1.12. The third-order valence-corrected chi connectivity index (χ3v) is 4.86. The van der Waals surface area contributed by atoms with Crippen LogP contribution < -0.4 is 10.2 Å². The number of carbonyl (C=O) groups is 1. The van der Waals surface area contributed by atoms with Gasteiger partial charge in [0.1, 0.15) is 11.6 Å². The van der Waals surface area contributed by atoms with Gasteiger partial charge >= 0.3 is 6.18 Å². The lowest BCUT2D eigenvalue weighted by Gasteiger charge is -2.29. The minimum absolute atomic E-state index is 0.106. The van der Waals surface area contributed by atoms with Crippen LogP contribution in [0.15, 0.2) is 59.0 Å². The Balaban J connectivity index is 1.48. The van der Waals surface area contributed by atoms with Gasteiger partial charge in [0, 0.05) is 24.3 Å². The van der Waals surface area contributed by atoms with E-state index in [1.165, 1.54) is 30.3 Å². The first-order valence-electron chi connectivity index (χ1n) is 9.52. The zero-order chi connectivity index (χ0) is 22.0. The summed E-state index contributed by atoms with van der Waals surface area (Å²) in [6.07, 6.45) is -4.49. The molecule has 31 heavy (non-hydrogen) atoms. The van der Waals surface area contributed by atoms with Crippen LogP contribution in [-0.2, 0) is 10.9 Å². The predicted octanol–water partition coefficient (Wildman–Crippen LogP) is 5.19. The zero-order valence-corrected chi connectivity index (χ0v) is 16.2. The number of benzene rings is 2. The van der Waals surface area contributed by atoms with E-state index >= 15 is 0 Å². The Kier molecular flexibility index (Phi) is 5.69. The Labute approximate surface area is 175 Å². The number of alkyl halides is 3. The van der Waals surface area contributed by atoms with E-state index in [1.807, 2.05) is 4.90 Å². The number of carbonyl (C=O) groups excluding carboxylic acids is 1. The van der Waals surface area contributed by atoms with Crippen LogP contribution in [0.3, 0.4) is 0 Å². The molecule has 0 spiro atoms. The van der Waals surface area contributed by atoms with Gasteiger partial charge in [0.05, 0.1) is 24.5 Å². The fourth-order valence-corrected chi connectivity index (χ4v) is 3.30. The summed E-state index contributed by atoms with van der Waals surface area (Å²) in [5.41, 5.74) is 0.0284. The van der Waals surface area contributed by atoms with Crippen molar-refractivity contribution in [2.75, 3.05) is 36.5 Å². The third kappa shape index (κ3) is 4.72. The highest BCUT2D eigenvalue weighted by Gasteiger charge is 2.30. The number of hydrogen-bond acceptors (Lipinski definition) is 4. The molecule has 0 saturated carbocycles. The first kappa shape index (κ1) is 20.9. The first-order valence-corrected chi connectivity index (χ1v) is 9.52. The summed E-state index contributed by atoms with van der Waals surface area (Å²) in [4.78, 5) is 14.3. The number of anilines is 2. The summed E-state index contributed by atoms with van der Waals surface area (Å²) in [6.45, 7) is 2.19. The van der Waals surface area contributed by atoms with E-state index in [1.54, 1.807) is 12.1 Å². The normalized spacial score (nSPS) is 14.5. The molecule has 1 N–H and O–H groups in total. The summed E-state index contributed by atoms with van der Waals surface area (Å²) in [5, 5.41) is 2.53. The Morgan fingerprint density at radius 1 is 1.00 bits per heavy atom. The highest BCUT2D eigenvalue weighted by Crippen LogP contribution is 2.33. The molecule has 0 radical (unpaired) electrons. The van der Waals surface area contributed by atoms with Crippen molar-refractivity contribution in [3.63, 3.8) is 0 Å². The van der Waals surface area contributed by atoms with Crippen LogP contribution in [0.4, 0.5) is 28.9 Å². The monoisotopic (exact) mass is 434 g/mol. The lowest BCUT2D eigenvalue weighted by molar-refractivity contribution is -0.137. The van der Waals surface area contributed by atoms with Crippen LogP contribution in [0, 0.1) is 5.82 Å². The van der Waals surface area contributed by atoms with Gasteiger partial charge in [-0.05, 0) is 42.5 Å². The van der Waals surface area contributed by atoms with Crippen molar-refractivity contribution < 1.29 is 31.5 Å². The average Bonchev–Trinajstić information content (AvgIpc) is 3.25. The van der Waals surface area contributed by atoms with Crippen LogP contribution in [0.2, 0.25) is 0 Å². The number of halogens is 4. The molecule has 0 aliphatic carbocycles. The molecule has 1 aliphatic rings. The van der Waals surface area contributed by atoms with Gasteiger partial charge < -0.3 is 19.4 Å². The molecular formula is C22H18F4N2O3. The molecule has 1 saturated heterocycles. The van der Waals surface area contributed by atoms with Crippen molar-refractivity contribution in [3.8, 4) is 11.3 Å². The summed E-state index contributed by atoms with van der Waals surface area (Å²) >= 11 is 0. The Hall–Kier alpha value is -3.33. The molecule has 9 heteroatoms. The number of furan rings is 1. The lowest BCUT2D eigenvalue weighted by atomic mass is 10.1. The van der Waals surface area contributed by atoms with E-state index in [2.05, 4.69) is 5.32 Å². The van der Waals surface area contributed by atoms with Gasteiger partial charge in [-0.25, -0.2) is 4.39 Å². The molecule has 2 heterocycles.